The van der Waals surface area contributed by atoms with Gasteiger partial charge in [-0.1, -0.05) is 5.16 Å². The van der Waals surface area contributed by atoms with Crippen LogP contribution in [-0.4, -0.2) is 36.4 Å². The zero-order valence-electron chi connectivity index (χ0n) is 9.09. The SMILES string of the molecule is COCCCOc1ccnc(C(N)=NO)c1. The minimum atomic E-state index is -0.0395. The summed E-state index contributed by atoms with van der Waals surface area (Å²) in [5, 5.41) is 11.4. The molecule has 1 aromatic rings. The molecule has 0 fully saturated rings. The number of ether oxygens (including phenoxy) is 2. The van der Waals surface area contributed by atoms with E-state index in [2.05, 4.69) is 10.1 Å². The summed E-state index contributed by atoms with van der Waals surface area (Å²) >= 11 is 0. The van der Waals surface area contributed by atoms with E-state index < -0.39 is 0 Å². The van der Waals surface area contributed by atoms with Gasteiger partial charge in [0.05, 0.1) is 6.61 Å². The molecule has 0 atom stereocenters. The van der Waals surface area contributed by atoms with E-state index in [9.17, 15) is 0 Å². The van der Waals surface area contributed by atoms with Crippen LogP contribution in [0, 0.1) is 0 Å². The van der Waals surface area contributed by atoms with E-state index in [1.807, 2.05) is 0 Å². The van der Waals surface area contributed by atoms with Gasteiger partial charge in [-0.25, -0.2) is 0 Å². The molecule has 0 spiro atoms. The summed E-state index contributed by atoms with van der Waals surface area (Å²) in [7, 11) is 1.64. The number of rotatable bonds is 6. The number of methoxy groups -OCH3 is 1. The van der Waals surface area contributed by atoms with Gasteiger partial charge in [-0.2, -0.15) is 0 Å². The highest BCUT2D eigenvalue weighted by Crippen LogP contribution is 2.10. The van der Waals surface area contributed by atoms with Gasteiger partial charge in [0.1, 0.15) is 11.4 Å². The first-order valence-corrected chi connectivity index (χ1v) is 4.83. The Kier molecular flexibility index (Phi) is 5.07. The second kappa shape index (κ2) is 6.62. The highest BCUT2D eigenvalue weighted by atomic mass is 16.5. The zero-order chi connectivity index (χ0) is 11.8. The Bertz CT molecular complexity index is 355. The summed E-state index contributed by atoms with van der Waals surface area (Å²) in [5.74, 6) is 0.593. The van der Waals surface area contributed by atoms with E-state index >= 15 is 0 Å². The minimum absolute atomic E-state index is 0.0395. The van der Waals surface area contributed by atoms with E-state index in [1.165, 1.54) is 0 Å². The number of aromatic nitrogens is 1. The Hall–Kier alpha value is -1.82. The Morgan fingerprint density at radius 1 is 1.56 bits per heavy atom. The first-order chi connectivity index (χ1) is 7.77. The predicted octanol–water partition coefficient (Wildman–Crippen LogP) is 0.591. The molecule has 0 aliphatic heterocycles. The fraction of sp³-hybridized carbons (Fsp3) is 0.400. The lowest BCUT2D eigenvalue weighted by Gasteiger charge is -2.06. The smallest absolute Gasteiger partial charge is 0.188 e. The van der Waals surface area contributed by atoms with E-state index in [-0.39, 0.29) is 5.84 Å². The molecule has 0 amide bonds. The van der Waals surface area contributed by atoms with E-state index in [4.69, 9.17) is 20.4 Å². The molecular formula is C10H15N3O3. The molecule has 0 saturated heterocycles. The van der Waals surface area contributed by atoms with Crippen molar-refractivity contribution in [2.45, 2.75) is 6.42 Å². The number of nitrogens with zero attached hydrogens (tertiary/aromatic N) is 2. The van der Waals surface area contributed by atoms with Gasteiger partial charge in [0.2, 0.25) is 0 Å². The normalized spacial score (nSPS) is 11.4. The summed E-state index contributed by atoms with van der Waals surface area (Å²) in [6.45, 7) is 1.20. The molecule has 1 aromatic heterocycles. The van der Waals surface area contributed by atoms with Gasteiger partial charge in [0, 0.05) is 32.4 Å². The number of nitrogens with two attached hydrogens (primary N) is 1. The topological polar surface area (TPSA) is 90.0 Å². The maximum Gasteiger partial charge on any atom is 0.188 e. The number of hydrogen-bond acceptors (Lipinski definition) is 5. The molecule has 0 aliphatic carbocycles. The summed E-state index contributed by atoms with van der Waals surface area (Å²) in [6.07, 6.45) is 2.34. The number of oxime groups is 1. The van der Waals surface area contributed by atoms with Crippen molar-refractivity contribution >= 4 is 5.84 Å². The quantitative estimate of drug-likeness (QED) is 0.243. The van der Waals surface area contributed by atoms with Gasteiger partial charge >= 0.3 is 0 Å². The fourth-order valence-electron chi connectivity index (χ4n) is 1.09. The maximum absolute atomic E-state index is 8.49. The largest absolute Gasteiger partial charge is 0.493 e. The van der Waals surface area contributed by atoms with Crippen molar-refractivity contribution in [3.8, 4) is 5.75 Å². The Labute approximate surface area is 93.7 Å². The zero-order valence-corrected chi connectivity index (χ0v) is 9.09. The van der Waals surface area contributed by atoms with Crippen LogP contribution in [0.5, 0.6) is 5.75 Å². The van der Waals surface area contributed by atoms with Gasteiger partial charge in [0.25, 0.3) is 0 Å². The van der Waals surface area contributed by atoms with Gasteiger partial charge in [-0.15, -0.1) is 0 Å². The maximum atomic E-state index is 8.49. The average molecular weight is 225 g/mol. The Morgan fingerprint density at radius 2 is 2.38 bits per heavy atom. The third-order valence-corrected chi connectivity index (χ3v) is 1.86. The molecule has 1 heterocycles. The van der Waals surface area contributed by atoms with Crippen LogP contribution < -0.4 is 10.5 Å². The van der Waals surface area contributed by atoms with Crippen molar-refractivity contribution in [2.24, 2.45) is 10.9 Å². The molecule has 0 unspecified atom stereocenters. The van der Waals surface area contributed by atoms with Gasteiger partial charge in [0.15, 0.2) is 5.84 Å². The molecule has 0 aliphatic rings. The van der Waals surface area contributed by atoms with Crippen LogP contribution in [0.1, 0.15) is 12.1 Å². The molecule has 6 heteroatoms. The van der Waals surface area contributed by atoms with E-state index in [1.54, 1.807) is 25.4 Å². The first kappa shape index (κ1) is 12.3. The Morgan fingerprint density at radius 3 is 3.06 bits per heavy atom. The molecule has 16 heavy (non-hydrogen) atoms. The van der Waals surface area contributed by atoms with Crippen molar-refractivity contribution in [1.29, 1.82) is 0 Å². The second-order valence-corrected chi connectivity index (χ2v) is 3.06. The summed E-state index contributed by atoms with van der Waals surface area (Å²) < 4.78 is 10.3. The van der Waals surface area contributed by atoms with Crippen molar-refractivity contribution in [1.82, 2.24) is 4.98 Å². The monoisotopic (exact) mass is 225 g/mol. The van der Waals surface area contributed by atoms with Crippen LogP contribution >= 0.6 is 0 Å². The number of hydrogen-bond donors (Lipinski definition) is 2. The van der Waals surface area contributed by atoms with Crippen LogP contribution in [0.3, 0.4) is 0 Å². The lowest BCUT2D eigenvalue weighted by molar-refractivity contribution is 0.172. The van der Waals surface area contributed by atoms with Crippen molar-refractivity contribution in [3.05, 3.63) is 24.0 Å². The standard InChI is InChI=1S/C10H15N3O3/c1-15-5-2-6-16-8-3-4-12-9(7-8)10(11)13-14/h3-4,7,14H,2,5-6H2,1H3,(H2,11,13). The van der Waals surface area contributed by atoms with Crippen LogP contribution in [0.2, 0.25) is 0 Å². The molecule has 0 saturated carbocycles. The van der Waals surface area contributed by atoms with Crippen LogP contribution in [0.15, 0.2) is 23.5 Å². The second-order valence-electron chi connectivity index (χ2n) is 3.06. The fourth-order valence-corrected chi connectivity index (χ4v) is 1.09. The molecule has 0 radical (unpaired) electrons. The lowest BCUT2D eigenvalue weighted by atomic mass is 10.3. The average Bonchev–Trinajstić information content (AvgIpc) is 2.34. The lowest BCUT2D eigenvalue weighted by Crippen LogP contribution is -2.15. The molecule has 1 rings (SSSR count). The molecule has 6 nitrogen and oxygen atoms in total. The minimum Gasteiger partial charge on any atom is -0.493 e. The summed E-state index contributed by atoms with van der Waals surface area (Å²) in [5.41, 5.74) is 5.78. The molecular weight excluding hydrogens is 210 g/mol. The van der Waals surface area contributed by atoms with E-state index in [0.29, 0.717) is 24.7 Å². The predicted molar refractivity (Wildman–Crippen MR) is 58.7 cm³/mol. The number of amidine groups is 1. The van der Waals surface area contributed by atoms with Gasteiger partial charge < -0.3 is 20.4 Å². The Balaban J connectivity index is 2.54. The highest BCUT2D eigenvalue weighted by molar-refractivity contribution is 5.95. The molecule has 88 valence electrons. The van der Waals surface area contributed by atoms with Crippen molar-refractivity contribution < 1.29 is 14.7 Å². The van der Waals surface area contributed by atoms with Crippen LogP contribution in [-0.2, 0) is 4.74 Å². The molecule has 3 N–H and O–H groups in total. The van der Waals surface area contributed by atoms with Crippen LogP contribution in [0.4, 0.5) is 0 Å². The summed E-state index contributed by atoms with van der Waals surface area (Å²) in [4.78, 5) is 3.93. The van der Waals surface area contributed by atoms with Gasteiger partial charge in [-0.3, -0.25) is 4.98 Å². The first-order valence-electron chi connectivity index (χ1n) is 4.83. The third kappa shape index (κ3) is 3.74. The van der Waals surface area contributed by atoms with Crippen LogP contribution in [0.25, 0.3) is 0 Å². The highest BCUT2D eigenvalue weighted by Gasteiger charge is 2.02. The van der Waals surface area contributed by atoms with Crippen molar-refractivity contribution in [2.75, 3.05) is 20.3 Å². The molecule has 0 aromatic carbocycles. The van der Waals surface area contributed by atoms with Gasteiger partial charge in [-0.05, 0) is 6.07 Å². The molecule has 0 bridgehead atoms. The summed E-state index contributed by atoms with van der Waals surface area (Å²) in [6, 6.07) is 3.32. The third-order valence-electron chi connectivity index (χ3n) is 1.86. The number of pyridine rings is 1. The van der Waals surface area contributed by atoms with Crippen molar-refractivity contribution in [3.63, 3.8) is 0 Å². The van der Waals surface area contributed by atoms with E-state index in [0.717, 1.165) is 6.42 Å².